The number of furan rings is 1. The van der Waals surface area contributed by atoms with Crippen LogP contribution in [0.3, 0.4) is 0 Å². The SMILES string of the molecule is Cc1oc(C(=O)O)cc1S(=O)(=O)N1CC(CO)OCC1C. The number of aliphatic hydroxyl groups excluding tert-OH is 1. The molecule has 118 valence electrons. The van der Waals surface area contributed by atoms with Crippen molar-refractivity contribution in [1.29, 1.82) is 0 Å². The van der Waals surface area contributed by atoms with Crippen molar-refractivity contribution < 1.29 is 32.6 Å². The van der Waals surface area contributed by atoms with Crippen LogP contribution in [0.25, 0.3) is 0 Å². The molecule has 0 spiro atoms. The van der Waals surface area contributed by atoms with Crippen LogP contribution in [0.1, 0.15) is 23.2 Å². The minimum absolute atomic E-state index is 0.00697. The number of aryl methyl sites for hydroxylation is 1. The van der Waals surface area contributed by atoms with Gasteiger partial charge in [-0.1, -0.05) is 0 Å². The molecule has 2 atom stereocenters. The third-order valence-electron chi connectivity index (χ3n) is 3.32. The Kier molecular flexibility index (Phi) is 4.38. The highest BCUT2D eigenvalue weighted by Crippen LogP contribution is 2.27. The van der Waals surface area contributed by atoms with Crippen LogP contribution < -0.4 is 0 Å². The lowest BCUT2D eigenvalue weighted by molar-refractivity contribution is -0.0516. The summed E-state index contributed by atoms with van der Waals surface area (Å²) in [5, 5.41) is 18.0. The van der Waals surface area contributed by atoms with Crippen LogP contribution in [0.4, 0.5) is 0 Å². The fourth-order valence-corrected chi connectivity index (χ4v) is 4.00. The van der Waals surface area contributed by atoms with E-state index >= 15 is 0 Å². The average molecular weight is 319 g/mol. The number of rotatable bonds is 4. The summed E-state index contributed by atoms with van der Waals surface area (Å²) in [5.74, 6) is -1.74. The lowest BCUT2D eigenvalue weighted by Gasteiger charge is -2.36. The molecule has 2 unspecified atom stereocenters. The van der Waals surface area contributed by atoms with E-state index in [0.717, 1.165) is 6.07 Å². The van der Waals surface area contributed by atoms with Crippen molar-refractivity contribution in [2.24, 2.45) is 0 Å². The fourth-order valence-electron chi connectivity index (χ4n) is 2.19. The van der Waals surface area contributed by atoms with Gasteiger partial charge in [-0.3, -0.25) is 0 Å². The zero-order chi connectivity index (χ0) is 15.8. The number of hydrogen-bond donors (Lipinski definition) is 2. The van der Waals surface area contributed by atoms with Crippen molar-refractivity contribution in [1.82, 2.24) is 4.31 Å². The number of hydrogen-bond acceptors (Lipinski definition) is 6. The molecule has 1 aromatic heterocycles. The van der Waals surface area contributed by atoms with Gasteiger partial charge in [0, 0.05) is 18.7 Å². The maximum atomic E-state index is 12.7. The van der Waals surface area contributed by atoms with E-state index in [9.17, 15) is 13.2 Å². The number of ether oxygens (including phenoxy) is 1. The van der Waals surface area contributed by atoms with E-state index in [2.05, 4.69) is 0 Å². The number of morpholine rings is 1. The first-order valence-electron chi connectivity index (χ1n) is 6.35. The molecular formula is C12H17NO7S. The van der Waals surface area contributed by atoms with Gasteiger partial charge >= 0.3 is 5.97 Å². The number of carboxylic acids is 1. The molecule has 2 heterocycles. The first-order valence-corrected chi connectivity index (χ1v) is 7.79. The minimum atomic E-state index is -3.91. The molecule has 0 aliphatic carbocycles. The third-order valence-corrected chi connectivity index (χ3v) is 5.41. The van der Waals surface area contributed by atoms with E-state index in [-0.39, 0.29) is 30.4 Å². The van der Waals surface area contributed by atoms with Gasteiger partial charge in [0.2, 0.25) is 15.8 Å². The van der Waals surface area contributed by atoms with Gasteiger partial charge in [-0.15, -0.1) is 0 Å². The van der Waals surface area contributed by atoms with E-state index in [1.165, 1.54) is 11.2 Å². The number of nitrogens with zero attached hydrogens (tertiary/aromatic N) is 1. The number of aliphatic hydroxyl groups is 1. The van der Waals surface area contributed by atoms with Crippen LogP contribution in [0, 0.1) is 6.92 Å². The van der Waals surface area contributed by atoms with Crippen molar-refractivity contribution in [3.05, 3.63) is 17.6 Å². The van der Waals surface area contributed by atoms with Gasteiger partial charge < -0.3 is 19.4 Å². The number of carboxylic acid groups (broad SMARTS) is 1. The Hall–Kier alpha value is -1.42. The van der Waals surface area contributed by atoms with E-state index in [0.29, 0.717) is 0 Å². The quantitative estimate of drug-likeness (QED) is 0.805. The molecule has 2 rings (SSSR count). The van der Waals surface area contributed by atoms with Gasteiger partial charge in [-0.2, -0.15) is 4.31 Å². The normalized spacial score (nSPS) is 24.1. The van der Waals surface area contributed by atoms with Crippen molar-refractivity contribution in [3.63, 3.8) is 0 Å². The lowest BCUT2D eigenvalue weighted by Crippen LogP contribution is -2.51. The molecule has 8 nitrogen and oxygen atoms in total. The second kappa shape index (κ2) is 5.76. The van der Waals surface area contributed by atoms with Crippen LogP contribution in [0.15, 0.2) is 15.4 Å². The maximum Gasteiger partial charge on any atom is 0.371 e. The van der Waals surface area contributed by atoms with Gasteiger partial charge in [-0.25, -0.2) is 13.2 Å². The predicted molar refractivity (Wildman–Crippen MR) is 70.6 cm³/mol. The average Bonchev–Trinajstić information content (AvgIpc) is 2.82. The number of aromatic carboxylic acids is 1. The van der Waals surface area contributed by atoms with Crippen molar-refractivity contribution >= 4 is 16.0 Å². The molecule has 9 heteroatoms. The highest BCUT2D eigenvalue weighted by Gasteiger charge is 2.37. The van der Waals surface area contributed by atoms with Crippen LogP contribution >= 0.6 is 0 Å². The van der Waals surface area contributed by atoms with Gasteiger partial charge in [0.15, 0.2) is 0 Å². The molecule has 1 aliphatic rings. The zero-order valence-corrected chi connectivity index (χ0v) is 12.5. The Balaban J connectivity index is 2.38. The fraction of sp³-hybridized carbons (Fsp3) is 0.583. The van der Waals surface area contributed by atoms with Crippen molar-refractivity contribution in [3.8, 4) is 0 Å². The first-order chi connectivity index (χ1) is 9.77. The Labute approximate surface area is 122 Å². The number of carbonyl (C=O) groups is 1. The molecule has 1 fully saturated rings. The summed E-state index contributed by atoms with van der Waals surface area (Å²) in [4.78, 5) is 10.7. The largest absolute Gasteiger partial charge is 0.475 e. The van der Waals surface area contributed by atoms with Gasteiger partial charge in [0.05, 0.1) is 19.3 Å². The number of sulfonamides is 1. The second-order valence-corrected chi connectivity index (χ2v) is 6.76. The molecular weight excluding hydrogens is 302 g/mol. The molecule has 0 amide bonds. The van der Waals surface area contributed by atoms with Crippen LogP contribution in [0.2, 0.25) is 0 Å². The first kappa shape index (κ1) is 16.0. The van der Waals surface area contributed by atoms with Gasteiger partial charge in [0.1, 0.15) is 10.7 Å². The van der Waals surface area contributed by atoms with Crippen LogP contribution in [-0.2, 0) is 14.8 Å². The van der Waals surface area contributed by atoms with Crippen molar-refractivity contribution in [2.45, 2.75) is 30.9 Å². The summed E-state index contributed by atoms with van der Waals surface area (Å²) in [6.07, 6.45) is -0.595. The summed E-state index contributed by atoms with van der Waals surface area (Å²) >= 11 is 0. The molecule has 21 heavy (non-hydrogen) atoms. The van der Waals surface area contributed by atoms with Crippen LogP contribution in [-0.4, -0.2) is 60.8 Å². The molecule has 2 N–H and O–H groups in total. The topological polar surface area (TPSA) is 117 Å². The molecule has 1 aliphatic heterocycles. The smallest absolute Gasteiger partial charge is 0.371 e. The minimum Gasteiger partial charge on any atom is -0.475 e. The Bertz CT molecular complexity index is 636. The standard InChI is InChI=1S/C12H17NO7S/c1-7-6-19-9(5-14)4-13(7)21(17,18)11-3-10(12(15)16)20-8(11)2/h3,7,9,14H,4-6H2,1-2H3,(H,15,16). The van der Waals surface area contributed by atoms with E-state index in [4.69, 9.17) is 19.4 Å². The van der Waals surface area contributed by atoms with Gasteiger partial charge in [-0.05, 0) is 13.8 Å². The summed E-state index contributed by atoms with van der Waals surface area (Å²) in [5.41, 5.74) is 0. The molecule has 1 aromatic rings. The van der Waals surface area contributed by atoms with E-state index < -0.39 is 33.9 Å². The molecule has 0 radical (unpaired) electrons. The van der Waals surface area contributed by atoms with E-state index in [1.54, 1.807) is 6.92 Å². The highest BCUT2D eigenvalue weighted by molar-refractivity contribution is 7.89. The molecule has 0 saturated carbocycles. The van der Waals surface area contributed by atoms with Crippen LogP contribution in [0.5, 0.6) is 0 Å². The zero-order valence-electron chi connectivity index (χ0n) is 11.6. The molecule has 1 saturated heterocycles. The van der Waals surface area contributed by atoms with Crippen molar-refractivity contribution in [2.75, 3.05) is 19.8 Å². The molecule has 0 aromatic carbocycles. The monoisotopic (exact) mass is 319 g/mol. The Morgan fingerprint density at radius 2 is 2.19 bits per heavy atom. The van der Waals surface area contributed by atoms with E-state index in [1.807, 2.05) is 0 Å². The summed E-state index contributed by atoms with van der Waals surface area (Å²) in [7, 11) is -3.91. The summed E-state index contributed by atoms with van der Waals surface area (Å²) < 4.78 is 36.8. The Morgan fingerprint density at radius 1 is 1.52 bits per heavy atom. The molecule has 0 bridgehead atoms. The summed E-state index contributed by atoms with van der Waals surface area (Å²) in [6.45, 7) is 2.95. The van der Waals surface area contributed by atoms with Gasteiger partial charge in [0.25, 0.3) is 0 Å². The Morgan fingerprint density at radius 3 is 2.71 bits per heavy atom. The summed E-state index contributed by atoms with van der Waals surface area (Å²) in [6, 6.07) is 0.587. The third kappa shape index (κ3) is 2.95. The lowest BCUT2D eigenvalue weighted by atomic mass is 10.2. The highest BCUT2D eigenvalue weighted by atomic mass is 32.2. The predicted octanol–water partition coefficient (Wildman–Crippen LogP) is 0.0565. The second-order valence-electron chi connectivity index (χ2n) is 4.90. The maximum absolute atomic E-state index is 12.7.